The highest BCUT2D eigenvalue weighted by molar-refractivity contribution is 5.97. The Bertz CT molecular complexity index is 1300. The fraction of sp³-hybridized carbons (Fsp3) is 0.771. The topological polar surface area (TPSA) is 323 Å². The Kier molecular flexibility index (Phi) is 22.0. The van der Waals surface area contributed by atoms with Gasteiger partial charge < -0.3 is 59.3 Å². The van der Waals surface area contributed by atoms with Crippen molar-refractivity contribution in [3.05, 3.63) is 0 Å². The van der Waals surface area contributed by atoms with Gasteiger partial charge in [0, 0.05) is 6.54 Å². The molecule has 54 heavy (non-hydrogen) atoms. The van der Waals surface area contributed by atoms with Gasteiger partial charge in [-0.05, 0) is 56.8 Å². The number of carbonyl (C=O) groups is 7. The molecule has 9 atom stereocenters. The number of nitrogens with one attached hydrogen (secondary N) is 6. The van der Waals surface area contributed by atoms with Crippen molar-refractivity contribution in [2.75, 3.05) is 6.54 Å². The summed E-state index contributed by atoms with van der Waals surface area (Å²) < 4.78 is 0. The second kappa shape index (κ2) is 24.0. The second-order valence-corrected chi connectivity index (χ2v) is 14.9. The van der Waals surface area contributed by atoms with E-state index in [-0.39, 0.29) is 43.6 Å². The number of carbonyl (C=O) groups excluding carboxylic acids is 6. The summed E-state index contributed by atoms with van der Waals surface area (Å²) in [6, 6.07) is -8.39. The Morgan fingerprint density at radius 1 is 0.611 bits per heavy atom. The van der Waals surface area contributed by atoms with E-state index in [4.69, 9.17) is 17.2 Å². The van der Waals surface area contributed by atoms with Crippen LogP contribution >= 0.6 is 0 Å². The fourth-order valence-electron chi connectivity index (χ4n) is 5.19. The first kappa shape index (κ1) is 49.5. The van der Waals surface area contributed by atoms with Gasteiger partial charge in [0.05, 0.1) is 12.1 Å². The smallest absolute Gasteiger partial charge is 0.326 e. The summed E-state index contributed by atoms with van der Waals surface area (Å²) in [5.41, 5.74) is 16.4. The molecule has 0 aliphatic carbocycles. The number of aliphatic hydroxyl groups excluding tert-OH is 1. The number of hydrogen-bond acceptors (Lipinski definition) is 10. The lowest BCUT2D eigenvalue weighted by Gasteiger charge is -2.31. The molecule has 0 saturated carbocycles. The first-order valence-electron chi connectivity index (χ1n) is 18.5. The van der Waals surface area contributed by atoms with Crippen LogP contribution in [-0.4, -0.2) is 113 Å². The Hall–Kier alpha value is -4.52. The number of aliphatic hydroxyl groups is 1. The minimum atomic E-state index is -1.57. The standard InChI is InChI=1S/C35H66N10O9/c1-11-19(8)26(34(53)54)44-30(49)23(15-16(2)3)41-31(50)24(17(4)5)42-32(51)25(18(6)7)43-33(52)27(21(10)46)45-29(48)22(40-28(47)20(9)36)13-12-14-39-35(37)38/h16-27,46H,11-15,36H2,1-10H3,(H,40,47)(H,41,50)(H,42,51)(H,43,52)(H,44,49)(H,45,48)(H,53,54)(H4,37,38,39)/t19-,20-,21+,22-,23-,24-,25-,26-,27-/m0/s1. The van der Waals surface area contributed by atoms with Crippen molar-refractivity contribution in [3.8, 4) is 0 Å². The third-order valence-electron chi connectivity index (χ3n) is 8.67. The predicted molar refractivity (Wildman–Crippen MR) is 203 cm³/mol. The Labute approximate surface area is 318 Å². The number of carboxylic acid groups (broad SMARTS) is 1. The first-order chi connectivity index (χ1) is 24.9. The monoisotopic (exact) mass is 771 g/mol. The molecule has 0 aromatic rings. The van der Waals surface area contributed by atoms with Crippen LogP contribution in [0.4, 0.5) is 0 Å². The zero-order valence-corrected chi connectivity index (χ0v) is 33.4. The second-order valence-electron chi connectivity index (χ2n) is 14.9. The molecule has 0 aromatic heterocycles. The number of aliphatic imine (C=N–C) groups is 1. The van der Waals surface area contributed by atoms with Crippen LogP contribution in [0.2, 0.25) is 0 Å². The van der Waals surface area contributed by atoms with Gasteiger partial charge in [-0.2, -0.15) is 0 Å². The third-order valence-corrected chi connectivity index (χ3v) is 8.67. The van der Waals surface area contributed by atoms with Gasteiger partial charge in [-0.1, -0.05) is 61.8 Å². The summed E-state index contributed by atoms with van der Waals surface area (Å²) in [6.45, 7) is 16.6. The van der Waals surface area contributed by atoms with Crippen LogP contribution in [0.5, 0.6) is 0 Å². The molecule has 0 aliphatic heterocycles. The number of amides is 6. The summed E-state index contributed by atoms with van der Waals surface area (Å²) in [4.78, 5) is 95.5. The van der Waals surface area contributed by atoms with Gasteiger partial charge in [-0.15, -0.1) is 0 Å². The van der Waals surface area contributed by atoms with Crippen LogP contribution in [0.1, 0.15) is 94.9 Å². The molecule has 0 fully saturated rings. The molecule has 0 spiro atoms. The average Bonchev–Trinajstić information content (AvgIpc) is 3.06. The average molecular weight is 771 g/mol. The largest absolute Gasteiger partial charge is 0.480 e. The summed E-state index contributed by atoms with van der Waals surface area (Å²) in [5.74, 6) is -7.33. The number of nitrogens with two attached hydrogens (primary N) is 3. The predicted octanol–water partition coefficient (Wildman–Crippen LogP) is -1.83. The Morgan fingerprint density at radius 2 is 1.04 bits per heavy atom. The Balaban J connectivity index is 6.11. The molecule has 0 aromatic carbocycles. The molecule has 310 valence electrons. The van der Waals surface area contributed by atoms with Gasteiger partial charge >= 0.3 is 5.97 Å². The zero-order chi connectivity index (χ0) is 42.0. The van der Waals surface area contributed by atoms with E-state index in [1.54, 1.807) is 41.5 Å². The van der Waals surface area contributed by atoms with Crippen molar-refractivity contribution in [1.29, 1.82) is 0 Å². The van der Waals surface area contributed by atoms with Crippen LogP contribution < -0.4 is 49.1 Å². The SMILES string of the molecule is CC[C@H](C)[C@H](NC(=O)[C@H](CC(C)C)NC(=O)[C@@H](NC(=O)[C@@H](NC(=O)[C@@H](NC(=O)[C@H](CCCN=C(N)N)NC(=O)[C@H](C)N)[C@@H](C)O)C(C)C)C(C)C)C(=O)O. The summed E-state index contributed by atoms with van der Waals surface area (Å²) >= 11 is 0. The molecule has 0 rings (SSSR count). The van der Waals surface area contributed by atoms with E-state index < -0.39 is 102 Å². The van der Waals surface area contributed by atoms with Crippen LogP contribution in [0.25, 0.3) is 0 Å². The van der Waals surface area contributed by atoms with Gasteiger partial charge in [0.2, 0.25) is 35.4 Å². The van der Waals surface area contributed by atoms with E-state index in [1.807, 2.05) is 13.8 Å². The number of nitrogens with zero attached hydrogens (tertiary/aromatic N) is 1. The maximum atomic E-state index is 13.7. The molecular weight excluding hydrogens is 704 g/mol. The summed E-state index contributed by atoms with van der Waals surface area (Å²) in [7, 11) is 0. The van der Waals surface area contributed by atoms with Crippen LogP contribution in [0.3, 0.4) is 0 Å². The van der Waals surface area contributed by atoms with Crippen molar-refractivity contribution in [1.82, 2.24) is 31.9 Å². The Morgan fingerprint density at radius 3 is 1.44 bits per heavy atom. The molecule has 0 saturated heterocycles. The normalized spacial score (nSPS) is 16.4. The lowest BCUT2D eigenvalue weighted by molar-refractivity contribution is -0.144. The molecule has 0 bridgehead atoms. The highest BCUT2D eigenvalue weighted by atomic mass is 16.4. The van der Waals surface area contributed by atoms with Crippen molar-refractivity contribution < 1.29 is 43.8 Å². The first-order valence-corrected chi connectivity index (χ1v) is 18.5. The van der Waals surface area contributed by atoms with Crippen molar-refractivity contribution in [3.63, 3.8) is 0 Å². The van der Waals surface area contributed by atoms with Crippen molar-refractivity contribution in [2.45, 2.75) is 143 Å². The summed E-state index contributed by atoms with van der Waals surface area (Å²) in [5, 5.41) is 35.5. The third kappa shape index (κ3) is 17.5. The van der Waals surface area contributed by atoms with E-state index >= 15 is 0 Å². The van der Waals surface area contributed by atoms with Crippen molar-refractivity contribution in [2.24, 2.45) is 45.9 Å². The quantitative estimate of drug-likeness (QED) is 0.0293. The molecule has 6 amide bonds. The van der Waals surface area contributed by atoms with Gasteiger partial charge in [0.15, 0.2) is 5.96 Å². The molecule has 19 heteroatoms. The summed E-state index contributed by atoms with van der Waals surface area (Å²) in [6.07, 6.45) is -0.442. The molecule has 0 heterocycles. The highest BCUT2D eigenvalue weighted by Crippen LogP contribution is 2.13. The molecule has 0 unspecified atom stereocenters. The van der Waals surface area contributed by atoms with E-state index in [9.17, 15) is 43.8 Å². The van der Waals surface area contributed by atoms with Gasteiger partial charge in [-0.3, -0.25) is 33.8 Å². The molecule has 0 radical (unpaired) electrons. The minimum absolute atomic E-state index is 0.0581. The van der Waals surface area contributed by atoms with Crippen LogP contribution in [0, 0.1) is 23.7 Å². The van der Waals surface area contributed by atoms with Crippen LogP contribution in [-0.2, 0) is 33.6 Å². The van der Waals surface area contributed by atoms with Gasteiger partial charge in [0.25, 0.3) is 0 Å². The molecular formula is C35H66N10O9. The van der Waals surface area contributed by atoms with Gasteiger partial charge in [-0.25, -0.2) is 4.79 Å². The van der Waals surface area contributed by atoms with Crippen molar-refractivity contribution >= 4 is 47.4 Å². The molecule has 14 N–H and O–H groups in total. The van der Waals surface area contributed by atoms with E-state index in [2.05, 4.69) is 36.9 Å². The van der Waals surface area contributed by atoms with Crippen LogP contribution in [0.15, 0.2) is 4.99 Å². The van der Waals surface area contributed by atoms with E-state index in [0.29, 0.717) is 6.42 Å². The van der Waals surface area contributed by atoms with Gasteiger partial charge in [0.1, 0.15) is 36.3 Å². The van der Waals surface area contributed by atoms with E-state index in [1.165, 1.54) is 13.8 Å². The number of aliphatic carboxylic acids is 1. The molecule has 0 aliphatic rings. The number of carboxylic acids is 1. The zero-order valence-electron chi connectivity index (χ0n) is 33.4. The van der Waals surface area contributed by atoms with E-state index in [0.717, 1.165) is 0 Å². The minimum Gasteiger partial charge on any atom is -0.480 e. The maximum absolute atomic E-state index is 13.7. The fourth-order valence-corrected chi connectivity index (χ4v) is 5.19. The lowest BCUT2D eigenvalue weighted by Crippen LogP contribution is -2.62. The number of guanidine groups is 1. The number of hydrogen-bond donors (Lipinski definition) is 11. The lowest BCUT2D eigenvalue weighted by atomic mass is 9.96. The highest BCUT2D eigenvalue weighted by Gasteiger charge is 2.37. The number of rotatable bonds is 24. The molecule has 19 nitrogen and oxygen atoms in total. The maximum Gasteiger partial charge on any atom is 0.326 e.